The lowest BCUT2D eigenvalue weighted by Crippen LogP contribution is -2.26. The van der Waals surface area contributed by atoms with Gasteiger partial charge in [-0.05, 0) is 30.3 Å². The molecule has 36 heavy (non-hydrogen) atoms. The van der Waals surface area contributed by atoms with E-state index in [1.807, 2.05) is 6.07 Å². The topological polar surface area (TPSA) is 164 Å². The minimum Gasteiger partial charge on any atom is -0.478 e. The summed E-state index contributed by atoms with van der Waals surface area (Å²) in [5, 5.41) is 21.3. The fourth-order valence-corrected chi connectivity index (χ4v) is 3.22. The number of benzene rings is 2. The van der Waals surface area contributed by atoms with Crippen molar-refractivity contribution in [1.29, 1.82) is 5.26 Å². The van der Waals surface area contributed by atoms with Gasteiger partial charge in [0.25, 0.3) is 17.7 Å². The van der Waals surface area contributed by atoms with Gasteiger partial charge in [0.15, 0.2) is 18.0 Å². The number of aromatic carboxylic acids is 1. The lowest BCUT2D eigenvalue weighted by molar-refractivity contribution is -0.118. The third-order valence-corrected chi connectivity index (χ3v) is 5.02. The van der Waals surface area contributed by atoms with Crippen molar-refractivity contribution in [3.05, 3.63) is 58.1 Å². The van der Waals surface area contributed by atoms with Crippen molar-refractivity contribution in [2.45, 2.75) is 0 Å². The van der Waals surface area contributed by atoms with E-state index >= 15 is 0 Å². The highest BCUT2D eigenvalue weighted by Crippen LogP contribution is 2.40. The molecule has 1 aromatic heterocycles. The Morgan fingerprint density at radius 1 is 1.17 bits per heavy atom. The molecule has 0 bridgehead atoms. The zero-order valence-corrected chi connectivity index (χ0v) is 19.5. The van der Waals surface area contributed by atoms with Crippen LogP contribution in [0.4, 0.5) is 5.69 Å². The Hall–Kier alpha value is -4.89. The summed E-state index contributed by atoms with van der Waals surface area (Å²) in [4.78, 5) is 45.6. The van der Waals surface area contributed by atoms with Gasteiger partial charge in [-0.2, -0.15) is 15.2 Å². The first-order valence-corrected chi connectivity index (χ1v) is 10.5. The third kappa shape index (κ3) is 5.11. The summed E-state index contributed by atoms with van der Waals surface area (Å²) < 4.78 is 16.8. The monoisotopic (exact) mass is 509 g/mol. The predicted molar refractivity (Wildman–Crippen MR) is 124 cm³/mol. The van der Waals surface area contributed by atoms with Crippen molar-refractivity contribution in [1.82, 2.24) is 14.9 Å². The van der Waals surface area contributed by atoms with E-state index in [0.29, 0.717) is 0 Å². The second-order valence-electron chi connectivity index (χ2n) is 7.54. The molecule has 3 aromatic rings. The van der Waals surface area contributed by atoms with Crippen LogP contribution in [0.1, 0.15) is 26.3 Å². The molecule has 4 rings (SSSR count). The van der Waals surface area contributed by atoms with Gasteiger partial charge in [0.05, 0.1) is 22.2 Å². The summed E-state index contributed by atoms with van der Waals surface area (Å²) in [6.45, 7) is -0.330. The number of anilines is 1. The van der Waals surface area contributed by atoms with Gasteiger partial charge < -0.3 is 29.5 Å². The minimum absolute atomic E-state index is 0.0308. The molecule has 0 saturated carbocycles. The van der Waals surface area contributed by atoms with Gasteiger partial charge in [0.1, 0.15) is 5.75 Å². The van der Waals surface area contributed by atoms with Crippen molar-refractivity contribution in [2.75, 3.05) is 26.0 Å². The first-order valence-electron chi connectivity index (χ1n) is 10.1. The number of carbonyl (C=O) groups is 3. The molecule has 1 aliphatic rings. The normalized spacial score (nSPS) is 11.9. The molecule has 12 nitrogen and oxygen atoms in total. The maximum atomic E-state index is 12.5. The number of aromatic nitrogens is 2. The smallest absolute Gasteiger partial charge is 0.335 e. The highest BCUT2D eigenvalue weighted by molar-refractivity contribution is 6.32. The number of nitrogens with zero attached hydrogens (tertiary/aromatic N) is 4. The molecular formula is C23H16ClN5O7. The van der Waals surface area contributed by atoms with E-state index in [9.17, 15) is 19.5 Å². The highest BCUT2D eigenvalue weighted by Gasteiger charge is 2.26. The highest BCUT2D eigenvalue weighted by atomic mass is 35.5. The van der Waals surface area contributed by atoms with Crippen LogP contribution in [0, 0.1) is 11.3 Å². The van der Waals surface area contributed by atoms with Crippen LogP contribution in [0.3, 0.4) is 0 Å². The molecule has 2 aromatic carbocycles. The largest absolute Gasteiger partial charge is 0.478 e. The molecule has 1 aliphatic heterocycles. The Bertz CT molecular complexity index is 1450. The quantitative estimate of drug-likeness (QED) is 0.503. The lowest BCUT2D eigenvalue weighted by atomic mass is 10.1. The van der Waals surface area contributed by atoms with Crippen molar-refractivity contribution in [3.63, 3.8) is 0 Å². The number of rotatable bonds is 6. The number of hydrogen-bond acceptors (Lipinski definition) is 9. The predicted octanol–water partition coefficient (Wildman–Crippen LogP) is 3.32. The molecule has 0 aliphatic carbocycles. The zero-order chi connectivity index (χ0) is 26.0. The Balaban J connectivity index is 1.78. The Morgan fingerprint density at radius 2 is 1.92 bits per heavy atom. The zero-order valence-electron chi connectivity index (χ0n) is 18.7. The van der Waals surface area contributed by atoms with Crippen LogP contribution in [0.5, 0.6) is 29.3 Å². The fraction of sp³-hybridized carbons (Fsp3) is 0.130. The van der Waals surface area contributed by atoms with Crippen LogP contribution in [0.15, 0.2) is 36.4 Å². The summed E-state index contributed by atoms with van der Waals surface area (Å²) in [6.07, 6.45) is 0. The number of fused-ring (bicyclic) bond motifs is 1. The third-order valence-electron chi connectivity index (χ3n) is 4.71. The number of nitriles is 1. The van der Waals surface area contributed by atoms with Crippen LogP contribution in [0.2, 0.25) is 5.02 Å². The molecular weight excluding hydrogens is 494 g/mol. The van der Waals surface area contributed by atoms with Gasteiger partial charge in [-0.15, -0.1) is 0 Å². The van der Waals surface area contributed by atoms with Crippen LogP contribution in [-0.2, 0) is 4.79 Å². The Morgan fingerprint density at radius 3 is 2.61 bits per heavy atom. The van der Waals surface area contributed by atoms with E-state index in [0.717, 1.165) is 0 Å². The average Bonchev–Trinajstić information content (AvgIpc) is 2.85. The molecule has 0 fully saturated rings. The van der Waals surface area contributed by atoms with Crippen molar-refractivity contribution in [3.8, 4) is 35.3 Å². The first kappa shape index (κ1) is 24.2. The summed E-state index contributed by atoms with van der Waals surface area (Å²) in [5.74, 6) is -2.56. The second kappa shape index (κ2) is 9.77. The molecule has 0 unspecified atom stereocenters. The van der Waals surface area contributed by atoms with E-state index < -0.39 is 17.8 Å². The average molecular weight is 510 g/mol. The standard InChI is InChI=1S/C23H16ClN5O7/c1-29(2)21(31)12-6-13(22(32)33)8-14(7-12)35-20-18-19(34-10-17(30)26-18)27-23(28-20)36-16-5-11(9-25)3-4-15(16)24/h3-8H,10H2,1-2H3,(H,26,30)(H,32,33). The molecule has 2 amide bonds. The maximum Gasteiger partial charge on any atom is 0.335 e. The minimum atomic E-state index is -1.29. The fourth-order valence-electron chi connectivity index (χ4n) is 3.07. The molecule has 2 N–H and O–H groups in total. The summed E-state index contributed by atoms with van der Waals surface area (Å²) in [6, 6.07) is 9.71. The first-order chi connectivity index (χ1) is 17.1. The number of halogens is 1. The van der Waals surface area contributed by atoms with Gasteiger partial charge in [-0.1, -0.05) is 11.6 Å². The molecule has 0 atom stereocenters. The SMILES string of the molecule is CN(C)C(=O)c1cc(Oc2nc(Oc3cc(C#N)ccc3Cl)nc3c2NC(=O)CO3)cc(C(=O)O)c1. The van der Waals surface area contributed by atoms with Gasteiger partial charge in [-0.3, -0.25) is 9.59 Å². The van der Waals surface area contributed by atoms with E-state index in [2.05, 4.69) is 15.3 Å². The van der Waals surface area contributed by atoms with E-state index in [4.69, 9.17) is 31.1 Å². The van der Waals surface area contributed by atoms with Gasteiger partial charge >= 0.3 is 12.0 Å². The molecule has 2 heterocycles. The number of carboxylic acid groups (broad SMARTS) is 1. The van der Waals surface area contributed by atoms with Crippen molar-refractivity contribution < 1.29 is 33.7 Å². The van der Waals surface area contributed by atoms with Crippen molar-refractivity contribution in [2.24, 2.45) is 0 Å². The number of amides is 2. The summed E-state index contributed by atoms with van der Waals surface area (Å²) in [5.41, 5.74) is 0.0831. The van der Waals surface area contributed by atoms with E-state index in [1.165, 1.54) is 55.4 Å². The molecule has 13 heteroatoms. The van der Waals surface area contributed by atoms with E-state index in [-0.39, 0.29) is 63.3 Å². The number of carboxylic acids is 1. The van der Waals surface area contributed by atoms with Crippen molar-refractivity contribution >= 4 is 35.1 Å². The second-order valence-corrected chi connectivity index (χ2v) is 7.95. The summed E-state index contributed by atoms with van der Waals surface area (Å²) in [7, 11) is 3.03. The number of hydrogen-bond donors (Lipinski definition) is 2. The lowest BCUT2D eigenvalue weighted by Gasteiger charge is -2.20. The van der Waals surface area contributed by atoms with Crippen LogP contribution >= 0.6 is 11.6 Å². The molecule has 182 valence electrons. The van der Waals surface area contributed by atoms with Crippen LogP contribution in [0.25, 0.3) is 0 Å². The Kier molecular flexibility index (Phi) is 6.58. The van der Waals surface area contributed by atoms with Crippen LogP contribution in [-0.4, -0.2) is 58.5 Å². The van der Waals surface area contributed by atoms with Gasteiger partial charge in [0.2, 0.25) is 5.88 Å². The number of carbonyl (C=O) groups excluding carboxylic acids is 2. The van der Waals surface area contributed by atoms with Gasteiger partial charge in [0, 0.05) is 25.7 Å². The number of nitrogens with one attached hydrogen (secondary N) is 1. The molecule has 0 radical (unpaired) electrons. The summed E-state index contributed by atoms with van der Waals surface area (Å²) >= 11 is 6.15. The van der Waals surface area contributed by atoms with Crippen LogP contribution < -0.4 is 19.5 Å². The molecule has 0 spiro atoms. The maximum absolute atomic E-state index is 12.5. The van der Waals surface area contributed by atoms with E-state index in [1.54, 1.807) is 0 Å². The van der Waals surface area contributed by atoms with Gasteiger partial charge in [-0.25, -0.2) is 4.79 Å². The number of ether oxygens (including phenoxy) is 3. The Labute approximate surface area is 208 Å². The molecule has 0 saturated heterocycles.